The third-order valence-electron chi connectivity index (χ3n) is 8.01. The first-order valence-corrected chi connectivity index (χ1v) is 21.1. The predicted molar refractivity (Wildman–Crippen MR) is 207 cm³/mol. The fourth-order valence-electron chi connectivity index (χ4n) is 5.06. The lowest BCUT2D eigenvalue weighted by Crippen LogP contribution is -2.29. The Balaban J connectivity index is 4.04. The van der Waals surface area contributed by atoms with Gasteiger partial charge in [0.2, 0.25) is 0 Å². The molecule has 2 N–H and O–H groups in total. The molecule has 0 unspecified atom stereocenters. The zero-order chi connectivity index (χ0) is 36.8. The fraction of sp³-hybridized carbons (Fsp3) is 0.707. The van der Waals surface area contributed by atoms with Gasteiger partial charge in [-0.2, -0.15) is 0 Å². The lowest BCUT2D eigenvalue weighted by molar-refractivity contribution is -0.161. The highest BCUT2D eigenvalue weighted by Gasteiger charge is 2.22. The molecule has 0 bridgehead atoms. The molecule has 0 aliphatic heterocycles. The molecule has 0 amide bonds. The van der Waals surface area contributed by atoms with Crippen molar-refractivity contribution in [3.63, 3.8) is 0 Å². The molecule has 288 valence electrons. The number of ether oxygens (including phenoxy) is 2. The molecule has 0 aliphatic rings. The van der Waals surface area contributed by atoms with Gasteiger partial charge in [0.05, 0.1) is 6.61 Å². The van der Waals surface area contributed by atoms with Gasteiger partial charge in [0.1, 0.15) is 6.61 Å². The number of rotatable bonds is 35. The van der Waals surface area contributed by atoms with Gasteiger partial charge in [-0.3, -0.25) is 14.1 Å². The third kappa shape index (κ3) is 38.6. The van der Waals surface area contributed by atoms with Crippen molar-refractivity contribution in [1.82, 2.24) is 0 Å². The summed E-state index contributed by atoms with van der Waals surface area (Å²) in [6, 6.07) is 0. The molecule has 50 heavy (non-hydrogen) atoms. The van der Waals surface area contributed by atoms with Gasteiger partial charge in [0.25, 0.3) is 0 Å². The quantitative estimate of drug-likeness (QED) is 0.0287. The summed E-state index contributed by atoms with van der Waals surface area (Å²) in [5.41, 5.74) is 0. The van der Waals surface area contributed by atoms with Gasteiger partial charge in [-0.1, -0.05) is 132 Å². The van der Waals surface area contributed by atoms with Crippen LogP contribution in [0, 0.1) is 0 Å². The van der Waals surface area contributed by atoms with E-state index in [0.29, 0.717) is 12.8 Å². The molecule has 0 radical (unpaired) electrons. The fourth-order valence-corrected chi connectivity index (χ4v) is 5.42. The van der Waals surface area contributed by atoms with E-state index < -0.39 is 32.5 Å². The smallest absolute Gasteiger partial charge is 0.462 e. The van der Waals surface area contributed by atoms with Gasteiger partial charge in [-0.15, -0.1) is 0 Å². The van der Waals surface area contributed by atoms with E-state index in [0.717, 1.165) is 64.2 Å². The molecule has 0 heterocycles. The van der Waals surface area contributed by atoms with Crippen LogP contribution in [-0.4, -0.2) is 41.0 Å². The molecule has 0 fully saturated rings. The number of hydrogen-bond acceptors (Lipinski definition) is 6. The van der Waals surface area contributed by atoms with Crippen molar-refractivity contribution in [2.45, 2.75) is 174 Å². The highest BCUT2D eigenvalue weighted by molar-refractivity contribution is 7.46. The van der Waals surface area contributed by atoms with E-state index in [-0.39, 0.29) is 19.4 Å². The van der Waals surface area contributed by atoms with Crippen molar-refractivity contribution >= 4 is 19.8 Å². The Hall–Kier alpha value is -2.25. The summed E-state index contributed by atoms with van der Waals surface area (Å²) in [6.07, 6.45) is 45.1. The number of phosphoric ester groups is 1. The van der Waals surface area contributed by atoms with Gasteiger partial charge in [0.15, 0.2) is 6.10 Å². The minimum Gasteiger partial charge on any atom is -0.462 e. The van der Waals surface area contributed by atoms with Crippen LogP contribution in [0.25, 0.3) is 0 Å². The van der Waals surface area contributed by atoms with Crippen LogP contribution >= 0.6 is 7.82 Å². The summed E-state index contributed by atoms with van der Waals surface area (Å²) in [5.74, 6) is -0.943. The molecular weight excluding hydrogens is 651 g/mol. The maximum atomic E-state index is 12.4. The maximum Gasteiger partial charge on any atom is 0.469 e. The Bertz CT molecular complexity index is 995. The summed E-state index contributed by atoms with van der Waals surface area (Å²) in [7, 11) is -4.77. The Labute approximate surface area is 305 Å². The molecule has 0 spiro atoms. The lowest BCUT2D eigenvalue weighted by Gasteiger charge is -2.18. The molecule has 0 saturated heterocycles. The van der Waals surface area contributed by atoms with Crippen molar-refractivity contribution in [2.24, 2.45) is 0 Å². The monoisotopic (exact) mass is 722 g/mol. The topological polar surface area (TPSA) is 119 Å². The first kappa shape index (κ1) is 47.8. The average molecular weight is 723 g/mol. The van der Waals surface area contributed by atoms with E-state index in [4.69, 9.17) is 19.3 Å². The summed E-state index contributed by atoms with van der Waals surface area (Å²) in [6.45, 7) is 3.58. The van der Waals surface area contributed by atoms with Crippen molar-refractivity contribution in [3.8, 4) is 0 Å². The number of hydrogen-bond donors (Lipinski definition) is 2. The largest absolute Gasteiger partial charge is 0.469 e. The SMILES string of the molecule is CCCCC/C=C/C/C=C/C/C=C/CCCCC(=O)O[C@H](COC(=O)CCCCCCCCC/C=C/C/C=C/CCCCC)COP(=O)(O)O. The summed E-state index contributed by atoms with van der Waals surface area (Å²) in [5, 5.41) is 0. The van der Waals surface area contributed by atoms with E-state index in [9.17, 15) is 14.2 Å². The summed E-state index contributed by atoms with van der Waals surface area (Å²) >= 11 is 0. The standard InChI is InChI=1S/C41H71O8P/c1-3-5-7-9-11-13-15-17-19-20-22-23-25-27-29-31-33-35-40(42)47-37-39(38-48-50(44,45)46)49-41(43)36-34-32-30-28-26-24-21-18-16-14-12-10-8-6-4-2/h11-14,17-19,21,26,28,39H,3-10,15-16,20,22-25,27,29-38H2,1-2H3,(H2,44,45,46)/b13-11+,14-12+,19-17+,21-18+,28-26+/t39-/m1/s1. The van der Waals surface area contributed by atoms with Gasteiger partial charge in [0, 0.05) is 12.8 Å². The van der Waals surface area contributed by atoms with Crippen LogP contribution < -0.4 is 0 Å². The lowest BCUT2D eigenvalue weighted by atomic mass is 10.1. The Morgan fingerprint density at radius 1 is 0.520 bits per heavy atom. The molecule has 0 aliphatic carbocycles. The van der Waals surface area contributed by atoms with Crippen LogP contribution in [-0.2, 0) is 28.2 Å². The van der Waals surface area contributed by atoms with Gasteiger partial charge < -0.3 is 19.3 Å². The van der Waals surface area contributed by atoms with Gasteiger partial charge in [-0.25, -0.2) is 4.57 Å². The van der Waals surface area contributed by atoms with E-state index >= 15 is 0 Å². The summed E-state index contributed by atoms with van der Waals surface area (Å²) < 4.78 is 26.3. The molecule has 0 saturated carbocycles. The molecule has 0 aromatic heterocycles. The number of esters is 2. The molecule has 0 aromatic carbocycles. The Morgan fingerprint density at radius 2 is 0.900 bits per heavy atom. The summed E-state index contributed by atoms with van der Waals surface area (Å²) in [4.78, 5) is 42.7. The molecule has 9 heteroatoms. The van der Waals surface area contributed by atoms with E-state index in [2.05, 4.69) is 79.1 Å². The number of unbranched alkanes of at least 4 members (excludes halogenated alkanes) is 15. The predicted octanol–water partition coefficient (Wildman–Crippen LogP) is 11.7. The second kappa shape index (κ2) is 36.5. The maximum absolute atomic E-state index is 12.4. The van der Waals surface area contributed by atoms with E-state index in [1.54, 1.807) is 0 Å². The highest BCUT2D eigenvalue weighted by atomic mass is 31.2. The first-order chi connectivity index (χ1) is 24.3. The van der Waals surface area contributed by atoms with Crippen LogP contribution in [0.2, 0.25) is 0 Å². The number of phosphoric acid groups is 1. The molecule has 1 atom stereocenters. The van der Waals surface area contributed by atoms with Crippen molar-refractivity contribution < 1.29 is 37.9 Å². The van der Waals surface area contributed by atoms with Crippen LogP contribution in [0.3, 0.4) is 0 Å². The third-order valence-corrected chi connectivity index (χ3v) is 8.49. The first-order valence-electron chi connectivity index (χ1n) is 19.6. The van der Waals surface area contributed by atoms with E-state index in [1.807, 2.05) is 0 Å². The molecule has 0 rings (SSSR count). The second-order valence-corrected chi connectivity index (χ2v) is 14.1. The van der Waals surface area contributed by atoms with Crippen molar-refractivity contribution in [1.29, 1.82) is 0 Å². The Kier molecular flexibility index (Phi) is 34.9. The average Bonchev–Trinajstić information content (AvgIpc) is 3.08. The zero-order valence-electron chi connectivity index (χ0n) is 31.5. The van der Waals surface area contributed by atoms with Gasteiger partial charge >= 0.3 is 19.8 Å². The van der Waals surface area contributed by atoms with E-state index in [1.165, 1.54) is 64.2 Å². The van der Waals surface area contributed by atoms with Gasteiger partial charge in [-0.05, 0) is 83.5 Å². The number of carbonyl (C=O) groups excluding carboxylic acids is 2. The minimum absolute atomic E-state index is 0.159. The van der Waals surface area contributed by atoms with Crippen molar-refractivity contribution in [2.75, 3.05) is 13.2 Å². The van der Waals surface area contributed by atoms with Crippen LogP contribution in [0.1, 0.15) is 168 Å². The van der Waals surface area contributed by atoms with Crippen molar-refractivity contribution in [3.05, 3.63) is 60.8 Å². The van der Waals surface area contributed by atoms with Crippen LogP contribution in [0.5, 0.6) is 0 Å². The highest BCUT2D eigenvalue weighted by Crippen LogP contribution is 2.36. The molecule has 8 nitrogen and oxygen atoms in total. The zero-order valence-corrected chi connectivity index (χ0v) is 32.4. The Morgan fingerprint density at radius 3 is 1.38 bits per heavy atom. The number of carbonyl (C=O) groups is 2. The molecular formula is C41H71O8P. The second-order valence-electron chi connectivity index (χ2n) is 12.9. The van der Waals surface area contributed by atoms with Crippen LogP contribution in [0.15, 0.2) is 60.8 Å². The van der Waals surface area contributed by atoms with Crippen LogP contribution in [0.4, 0.5) is 0 Å². The normalized spacial score (nSPS) is 13.1. The molecule has 0 aromatic rings. The number of allylic oxidation sites excluding steroid dienone is 10. The minimum atomic E-state index is -4.77.